The van der Waals surface area contributed by atoms with E-state index < -0.39 is 17.5 Å². The number of carbonyl (C=O) groups excluding carboxylic acids is 2. The fourth-order valence-electron chi connectivity index (χ4n) is 2.37. The van der Waals surface area contributed by atoms with Gasteiger partial charge in [0.1, 0.15) is 11.6 Å². The Labute approximate surface area is 145 Å². The van der Waals surface area contributed by atoms with E-state index >= 15 is 0 Å². The van der Waals surface area contributed by atoms with E-state index in [1.165, 1.54) is 0 Å². The monoisotopic (exact) mass is 346 g/mol. The standard InChI is InChI=1S/C19H20F2N2O2/c1-13-5-3-4-6-14(13)12-23(2)18(24)9-10-22-19(25)16-8-7-15(20)11-17(16)21/h3-8,11H,9-10,12H2,1-2H3,(H,22,25). The second kappa shape index (κ2) is 8.37. The number of aryl methyl sites for hydroxylation is 1. The molecule has 2 rings (SSSR count). The minimum Gasteiger partial charge on any atom is -0.351 e. The number of benzene rings is 2. The summed E-state index contributed by atoms with van der Waals surface area (Å²) in [6.07, 6.45) is 0.0942. The van der Waals surface area contributed by atoms with Crippen LogP contribution in [-0.4, -0.2) is 30.3 Å². The first kappa shape index (κ1) is 18.6. The molecule has 132 valence electrons. The number of rotatable bonds is 6. The summed E-state index contributed by atoms with van der Waals surface area (Å²) in [5, 5.41) is 2.47. The average Bonchev–Trinajstić information content (AvgIpc) is 2.56. The minimum absolute atomic E-state index is 0.0760. The molecule has 0 radical (unpaired) electrons. The number of nitrogens with one attached hydrogen (secondary N) is 1. The summed E-state index contributed by atoms with van der Waals surface area (Å²) in [6.45, 7) is 2.53. The summed E-state index contributed by atoms with van der Waals surface area (Å²) in [5.41, 5.74) is 1.90. The Hall–Kier alpha value is -2.76. The summed E-state index contributed by atoms with van der Waals surface area (Å²) in [6, 6.07) is 10.5. The number of halogens is 2. The molecule has 0 aliphatic rings. The van der Waals surface area contributed by atoms with Crippen LogP contribution in [0.4, 0.5) is 8.78 Å². The number of hydrogen-bond donors (Lipinski definition) is 1. The molecule has 4 nitrogen and oxygen atoms in total. The van der Waals surface area contributed by atoms with Crippen LogP contribution in [-0.2, 0) is 11.3 Å². The van der Waals surface area contributed by atoms with Crippen LogP contribution in [0.2, 0.25) is 0 Å². The molecule has 2 aromatic carbocycles. The topological polar surface area (TPSA) is 49.4 Å². The van der Waals surface area contributed by atoms with Crippen LogP contribution in [0, 0.1) is 18.6 Å². The predicted octanol–water partition coefficient (Wildman–Crippen LogP) is 3.05. The molecule has 0 unspecified atom stereocenters. The zero-order valence-electron chi connectivity index (χ0n) is 14.2. The summed E-state index contributed by atoms with van der Waals surface area (Å²) in [4.78, 5) is 25.6. The molecule has 2 aromatic rings. The van der Waals surface area contributed by atoms with Gasteiger partial charge < -0.3 is 10.2 Å². The van der Waals surface area contributed by atoms with Crippen molar-refractivity contribution >= 4 is 11.8 Å². The third kappa shape index (κ3) is 5.11. The van der Waals surface area contributed by atoms with Gasteiger partial charge >= 0.3 is 0 Å². The second-order valence-electron chi connectivity index (χ2n) is 5.81. The first-order chi connectivity index (χ1) is 11.9. The molecule has 25 heavy (non-hydrogen) atoms. The number of nitrogens with zero attached hydrogens (tertiary/aromatic N) is 1. The van der Waals surface area contributed by atoms with Crippen LogP contribution in [0.3, 0.4) is 0 Å². The Morgan fingerprint density at radius 3 is 2.52 bits per heavy atom. The average molecular weight is 346 g/mol. The number of carbonyl (C=O) groups is 2. The van der Waals surface area contributed by atoms with Gasteiger partial charge in [-0.05, 0) is 30.2 Å². The van der Waals surface area contributed by atoms with Crippen molar-refractivity contribution in [3.63, 3.8) is 0 Å². The van der Waals surface area contributed by atoms with Crippen LogP contribution in [0.25, 0.3) is 0 Å². The van der Waals surface area contributed by atoms with Gasteiger partial charge in [0.05, 0.1) is 5.56 Å². The highest BCUT2D eigenvalue weighted by atomic mass is 19.1. The molecule has 0 saturated heterocycles. The van der Waals surface area contributed by atoms with Gasteiger partial charge in [0.25, 0.3) is 5.91 Å². The van der Waals surface area contributed by atoms with Crippen LogP contribution in [0.5, 0.6) is 0 Å². The van der Waals surface area contributed by atoms with Gasteiger partial charge in [-0.25, -0.2) is 8.78 Å². The van der Waals surface area contributed by atoms with Gasteiger partial charge in [-0.1, -0.05) is 24.3 Å². The molecule has 0 spiro atoms. The molecule has 0 heterocycles. The molecule has 0 atom stereocenters. The van der Waals surface area contributed by atoms with Crippen LogP contribution in [0.15, 0.2) is 42.5 Å². The van der Waals surface area contributed by atoms with E-state index in [-0.39, 0.29) is 24.4 Å². The van der Waals surface area contributed by atoms with Gasteiger partial charge in [0.2, 0.25) is 5.91 Å². The van der Waals surface area contributed by atoms with E-state index in [1.807, 2.05) is 31.2 Å². The highest BCUT2D eigenvalue weighted by Crippen LogP contribution is 2.11. The first-order valence-corrected chi connectivity index (χ1v) is 7.90. The number of hydrogen-bond acceptors (Lipinski definition) is 2. The Balaban J connectivity index is 1.83. The normalized spacial score (nSPS) is 10.4. The maximum Gasteiger partial charge on any atom is 0.254 e. The number of amides is 2. The molecule has 1 N–H and O–H groups in total. The van der Waals surface area contributed by atoms with Crippen molar-refractivity contribution < 1.29 is 18.4 Å². The summed E-state index contributed by atoms with van der Waals surface area (Å²) >= 11 is 0. The van der Waals surface area contributed by atoms with Crippen molar-refractivity contribution in [2.24, 2.45) is 0 Å². The van der Waals surface area contributed by atoms with Gasteiger partial charge in [0, 0.05) is 32.6 Å². The zero-order chi connectivity index (χ0) is 18.4. The molecule has 0 aliphatic carbocycles. The minimum atomic E-state index is -0.930. The van der Waals surface area contributed by atoms with Gasteiger partial charge in [-0.3, -0.25) is 9.59 Å². The van der Waals surface area contributed by atoms with E-state index in [0.717, 1.165) is 23.3 Å². The van der Waals surface area contributed by atoms with Gasteiger partial charge in [-0.2, -0.15) is 0 Å². The lowest BCUT2D eigenvalue weighted by molar-refractivity contribution is -0.130. The lowest BCUT2D eigenvalue weighted by atomic mass is 10.1. The zero-order valence-corrected chi connectivity index (χ0v) is 14.2. The van der Waals surface area contributed by atoms with E-state index in [0.29, 0.717) is 12.6 Å². The maximum absolute atomic E-state index is 13.5. The third-order valence-electron chi connectivity index (χ3n) is 3.89. The molecule has 6 heteroatoms. The maximum atomic E-state index is 13.5. The summed E-state index contributed by atoms with van der Waals surface area (Å²) < 4.78 is 26.4. The lowest BCUT2D eigenvalue weighted by Gasteiger charge is -2.18. The largest absolute Gasteiger partial charge is 0.351 e. The van der Waals surface area contributed by atoms with Crippen LogP contribution >= 0.6 is 0 Å². The quantitative estimate of drug-likeness (QED) is 0.874. The smallest absolute Gasteiger partial charge is 0.254 e. The molecular formula is C19H20F2N2O2. The van der Waals surface area contributed by atoms with Gasteiger partial charge in [0.15, 0.2) is 0 Å². The van der Waals surface area contributed by atoms with E-state index in [9.17, 15) is 18.4 Å². The summed E-state index contributed by atoms with van der Waals surface area (Å²) in [5.74, 6) is -2.49. The summed E-state index contributed by atoms with van der Waals surface area (Å²) in [7, 11) is 1.69. The molecule has 0 saturated carbocycles. The van der Waals surface area contributed by atoms with E-state index in [2.05, 4.69) is 5.32 Å². The predicted molar refractivity (Wildman–Crippen MR) is 91.0 cm³/mol. The molecule has 0 bridgehead atoms. The second-order valence-corrected chi connectivity index (χ2v) is 5.81. The van der Waals surface area contributed by atoms with Gasteiger partial charge in [-0.15, -0.1) is 0 Å². The fraction of sp³-hybridized carbons (Fsp3) is 0.263. The highest BCUT2D eigenvalue weighted by Gasteiger charge is 2.14. The van der Waals surface area contributed by atoms with Crippen molar-refractivity contribution in [3.05, 3.63) is 70.8 Å². The molecule has 0 fully saturated rings. The fourth-order valence-corrected chi connectivity index (χ4v) is 2.37. The van der Waals surface area contributed by atoms with Crippen molar-refractivity contribution in [1.82, 2.24) is 10.2 Å². The molecule has 0 aromatic heterocycles. The lowest BCUT2D eigenvalue weighted by Crippen LogP contribution is -2.32. The Kier molecular flexibility index (Phi) is 6.22. The van der Waals surface area contributed by atoms with Crippen molar-refractivity contribution in [3.8, 4) is 0 Å². The molecule has 0 aliphatic heterocycles. The molecule has 2 amide bonds. The van der Waals surface area contributed by atoms with E-state index in [1.54, 1.807) is 11.9 Å². The van der Waals surface area contributed by atoms with Crippen molar-refractivity contribution in [2.45, 2.75) is 19.9 Å². The molecular weight excluding hydrogens is 326 g/mol. The Morgan fingerprint density at radius 2 is 1.84 bits per heavy atom. The SMILES string of the molecule is Cc1ccccc1CN(C)C(=O)CCNC(=O)c1ccc(F)cc1F. The third-order valence-corrected chi connectivity index (χ3v) is 3.89. The Bertz CT molecular complexity index is 778. The van der Waals surface area contributed by atoms with Crippen LogP contribution < -0.4 is 5.32 Å². The van der Waals surface area contributed by atoms with Crippen LogP contribution in [0.1, 0.15) is 27.9 Å². The highest BCUT2D eigenvalue weighted by molar-refractivity contribution is 5.94. The Morgan fingerprint density at radius 1 is 1.12 bits per heavy atom. The van der Waals surface area contributed by atoms with E-state index in [4.69, 9.17) is 0 Å². The van der Waals surface area contributed by atoms with Crippen molar-refractivity contribution in [1.29, 1.82) is 0 Å². The van der Waals surface area contributed by atoms with Crippen molar-refractivity contribution in [2.75, 3.05) is 13.6 Å². The first-order valence-electron chi connectivity index (χ1n) is 7.90.